The van der Waals surface area contributed by atoms with Gasteiger partial charge in [-0.05, 0) is 44.4 Å². The molecule has 0 aromatic rings. The smallest absolute Gasteiger partial charge is 0.311 e. The lowest BCUT2D eigenvalue weighted by Gasteiger charge is -2.45. The van der Waals surface area contributed by atoms with Crippen molar-refractivity contribution in [3.63, 3.8) is 0 Å². The number of amides is 2. The van der Waals surface area contributed by atoms with Crippen molar-refractivity contribution in [2.24, 2.45) is 23.2 Å². The fraction of sp³-hybridized carbons (Fsp3) is 0.759. The molecule has 2 amide bonds. The number of thioether (sulfide) groups is 1. The molecule has 7 nitrogen and oxygen atoms in total. The summed E-state index contributed by atoms with van der Waals surface area (Å²) in [7, 11) is 0. The lowest BCUT2D eigenvalue weighted by Crippen LogP contribution is -2.61. The van der Waals surface area contributed by atoms with Gasteiger partial charge in [-0.3, -0.25) is 14.4 Å². The molecule has 4 aliphatic rings. The summed E-state index contributed by atoms with van der Waals surface area (Å²) >= 11 is 1.56. The summed E-state index contributed by atoms with van der Waals surface area (Å²) in [6.07, 6.45) is 10.5. The van der Waals surface area contributed by atoms with E-state index in [1.165, 1.54) is 0 Å². The SMILES string of the molecule is CC(C)[C@H](CO)N1C(=O)[C@@H]2[C@@H]3C(=O)OCCC/C=C\[C@@H]3S[C@@]23C=CCN(C(C)(C)CC(C)(C)C)C(=O)C13. The number of cyclic esters (lactones) is 1. The number of likely N-dealkylation sites (tertiary alicyclic amines) is 1. The van der Waals surface area contributed by atoms with E-state index in [1.54, 1.807) is 16.7 Å². The second-order valence-corrected chi connectivity index (χ2v) is 14.7. The van der Waals surface area contributed by atoms with Crippen LogP contribution in [0.4, 0.5) is 0 Å². The van der Waals surface area contributed by atoms with Crippen LogP contribution in [-0.4, -0.2) is 80.1 Å². The quantitative estimate of drug-likeness (QED) is 0.428. The molecule has 4 rings (SSSR count). The zero-order valence-corrected chi connectivity index (χ0v) is 24.2. The summed E-state index contributed by atoms with van der Waals surface area (Å²) in [6.45, 7) is 15.1. The normalized spacial score (nSPS) is 34.2. The highest BCUT2D eigenvalue weighted by atomic mass is 32.2. The van der Waals surface area contributed by atoms with Crippen molar-refractivity contribution in [2.45, 2.75) is 95.3 Å². The Hall–Kier alpha value is -1.80. The molecule has 0 aliphatic carbocycles. The maximum Gasteiger partial charge on any atom is 0.311 e. The number of aliphatic hydroxyl groups excluding tert-OH is 1. The van der Waals surface area contributed by atoms with Crippen molar-refractivity contribution < 1.29 is 24.2 Å². The van der Waals surface area contributed by atoms with Gasteiger partial charge >= 0.3 is 5.97 Å². The number of ether oxygens (including phenoxy) is 1. The minimum absolute atomic E-state index is 0.00260. The molecule has 6 atom stereocenters. The number of fused-ring (bicyclic) bond motifs is 2. The Labute approximate surface area is 226 Å². The summed E-state index contributed by atoms with van der Waals surface area (Å²) in [4.78, 5) is 45.9. The van der Waals surface area contributed by atoms with E-state index in [2.05, 4.69) is 40.7 Å². The lowest BCUT2D eigenvalue weighted by molar-refractivity contribution is -0.154. The second-order valence-electron chi connectivity index (χ2n) is 13.2. The van der Waals surface area contributed by atoms with E-state index >= 15 is 0 Å². The minimum atomic E-state index is -0.902. The zero-order chi connectivity index (χ0) is 27.3. The standard InChI is InChI=1S/C29H44N2O5S/c1-18(2)19(16-32)31-23-25(34)30(28(6,7)17-27(3,4)5)14-11-13-29(23)22(24(31)33)21-20(37-29)12-9-8-10-15-36-26(21)35/h9,11-13,18-23,32H,8,10,14-17H2,1-7H3/b12-9-/t19-,20-,21+,22-,23?,29-/m0/s1. The van der Waals surface area contributed by atoms with Crippen LogP contribution in [0.3, 0.4) is 0 Å². The van der Waals surface area contributed by atoms with Gasteiger partial charge in [0.05, 0.1) is 35.8 Å². The molecule has 0 radical (unpaired) electrons. The number of esters is 1. The van der Waals surface area contributed by atoms with E-state index in [0.717, 1.165) is 19.3 Å². The number of carbonyl (C=O) groups is 3. The number of aliphatic hydroxyl groups is 1. The van der Waals surface area contributed by atoms with Gasteiger partial charge in [0.1, 0.15) is 6.04 Å². The van der Waals surface area contributed by atoms with E-state index < -0.39 is 34.2 Å². The first kappa shape index (κ1) is 28.2. The number of carbonyl (C=O) groups excluding carboxylic acids is 3. The Morgan fingerprint density at radius 1 is 1.14 bits per heavy atom. The molecular formula is C29H44N2O5S. The van der Waals surface area contributed by atoms with Gasteiger partial charge in [-0.2, -0.15) is 0 Å². The average molecular weight is 533 g/mol. The van der Waals surface area contributed by atoms with Gasteiger partial charge in [0.25, 0.3) is 0 Å². The molecular weight excluding hydrogens is 488 g/mol. The first-order chi connectivity index (χ1) is 17.2. The van der Waals surface area contributed by atoms with Crippen LogP contribution in [0.1, 0.15) is 67.7 Å². The maximum atomic E-state index is 14.6. The number of hydrogen-bond donors (Lipinski definition) is 1. The third-order valence-corrected chi connectivity index (χ3v) is 10.0. The van der Waals surface area contributed by atoms with Crippen molar-refractivity contribution in [1.29, 1.82) is 0 Å². The van der Waals surface area contributed by atoms with E-state index in [0.29, 0.717) is 13.2 Å². The summed E-state index contributed by atoms with van der Waals surface area (Å²) in [6, 6.07) is -1.32. The molecule has 0 aromatic carbocycles. The third-order valence-electron chi connectivity index (χ3n) is 8.30. The fourth-order valence-corrected chi connectivity index (χ4v) is 9.10. The Balaban J connectivity index is 1.86. The van der Waals surface area contributed by atoms with E-state index in [4.69, 9.17) is 4.74 Å². The first-order valence-electron chi connectivity index (χ1n) is 13.7. The summed E-state index contributed by atoms with van der Waals surface area (Å²) < 4.78 is 4.73. The molecule has 1 unspecified atom stereocenters. The average Bonchev–Trinajstić information content (AvgIpc) is 3.17. The van der Waals surface area contributed by atoms with Gasteiger partial charge in [-0.25, -0.2) is 0 Å². The van der Waals surface area contributed by atoms with Crippen LogP contribution in [0, 0.1) is 23.2 Å². The topological polar surface area (TPSA) is 87.2 Å². The Morgan fingerprint density at radius 2 is 1.84 bits per heavy atom. The van der Waals surface area contributed by atoms with Crippen molar-refractivity contribution in [2.75, 3.05) is 19.8 Å². The van der Waals surface area contributed by atoms with E-state index in [-0.39, 0.29) is 41.0 Å². The van der Waals surface area contributed by atoms with Crippen LogP contribution in [0.15, 0.2) is 24.3 Å². The molecule has 0 saturated carbocycles. The monoisotopic (exact) mass is 532 g/mol. The number of nitrogens with zero attached hydrogens (tertiary/aromatic N) is 2. The van der Waals surface area contributed by atoms with Gasteiger partial charge < -0.3 is 19.6 Å². The van der Waals surface area contributed by atoms with Crippen molar-refractivity contribution in [1.82, 2.24) is 9.80 Å². The second kappa shape index (κ2) is 10.1. The molecule has 206 valence electrons. The first-order valence-corrected chi connectivity index (χ1v) is 14.6. The Bertz CT molecular complexity index is 983. The lowest BCUT2D eigenvalue weighted by atomic mass is 9.78. The van der Waals surface area contributed by atoms with Gasteiger partial charge in [0.15, 0.2) is 0 Å². The van der Waals surface area contributed by atoms with E-state index in [9.17, 15) is 19.5 Å². The van der Waals surface area contributed by atoms with E-state index in [1.807, 2.05) is 37.0 Å². The Kier molecular flexibility index (Phi) is 7.67. The molecule has 1 spiro atoms. The number of hydrogen-bond acceptors (Lipinski definition) is 6. The van der Waals surface area contributed by atoms with Crippen molar-refractivity contribution >= 4 is 29.5 Å². The largest absolute Gasteiger partial charge is 0.465 e. The van der Waals surface area contributed by atoms with Crippen LogP contribution in [-0.2, 0) is 19.1 Å². The number of allylic oxidation sites excluding steroid dienone is 1. The van der Waals surface area contributed by atoms with Crippen molar-refractivity contribution in [3.8, 4) is 0 Å². The van der Waals surface area contributed by atoms with Crippen LogP contribution < -0.4 is 0 Å². The molecule has 1 N–H and O–H groups in total. The molecule has 2 fully saturated rings. The fourth-order valence-electron chi connectivity index (χ4n) is 7.11. The van der Waals surface area contributed by atoms with Crippen LogP contribution in [0.5, 0.6) is 0 Å². The molecule has 2 saturated heterocycles. The van der Waals surface area contributed by atoms with Gasteiger partial charge in [0.2, 0.25) is 11.8 Å². The zero-order valence-electron chi connectivity index (χ0n) is 23.4. The molecule has 8 heteroatoms. The van der Waals surface area contributed by atoms with Crippen LogP contribution >= 0.6 is 11.8 Å². The summed E-state index contributed by atoms with van der Waals surface area (Å²) in [5.74, 6) is -2.14. The van der Waals surface area contributed by atoms with Crippen LogP contribution in [0.25, 0.3) is 0 Å². The molecule has 0 bridgehead atoms. The Morgan fingerprint density at radius 3 is 2.46 bits per heavy atom. The van der Waals surface area contributed by atoms with Crippen molar-refractivity contribution in [3.05, 3.63) is 24.3 Å². The van der Waals surface area contributed by atoms with Crippen LogP contribution in [0.2, 0.25) is 0 Å². The maximum absolute atomic E-state index is 14.6. The highest BCUT2D eigenvalue weighted by Crippen LogP contribution is 2.61. The minimum Gasteiger partial charge on any atom is -0.465 e. The van der Waals surface area contributed by atoms with Gasteiger partial charge in [-0.1, -0.05) is 58.9 Å². The number of rotatable bonds is 5. The molecule has 4 aliphatic heterocycles. The predicted octanol–water partition coefficient (Wildman–Crippen LogP) is 3.81. The molecule has 37 heavy (non-hydrogen) atoms. The molecule has 4 heterocycles. The highest BCUT2D eigenvalue weighted by molar-refractivity contribution is 8.02. The van der Waals surface area contributed by atoms with Gasteiger partial charge in [-0.15, -0.1) is 11.8 Å². The molecule has 0 aromatic heterocycles. The summed E-state index contributed by atoms with van der Waals surface area (Å²) in [5.41, 5.74) is -0.455. The predicted molar refractivity (Wildman–Crippen MR) is 146 cm³/mol. The van der Waals surface area contributed by atoms with Gasteiger partial charge in [0, 0.05) is 17.3 Å². The third kappa shape index (κ3) is 4.88. The summed E-state index contributed by atoms with van der Waals surface area (Å²) in [5, 5.41) is 10.2. The highest BCUT2D eigenvalue weighted by Gasteiger charge is 2.72.